The van der Waals surface area contributed by atoms with Gasteiger partial charge in [0, 0.05) is 49.8 Å². The molecule has 0 spiro atoms. The second-order valence-corrected chi connectivity index (χ2v) is 11.0. The quantitative estimate of drug-likeness (QED) is 0.490. The Bertz CT molecular complexity index is 1350. The zero-order valence-electron chi connectivity index (χ0n) is 22.0. The van der Waals surface area contributed by atoms with E-state index in [1.165, 1.54) is 6.07 Å². The first-order valence-corrected chi connectivity index (χ1v) is 13.0. The maximum atomic E-state index is 14.9. The van der Waals surface area contributed by atoms with Crippen molar-refractivity contribution in [3.8, 4) is 5.88 Å². The lowest BCUT2D eigenvalue weighted by Gasteiger charge is -2.39. The maximum absolute atomic E-state index is 14.9. The molecule has 1 saturated carbocycles. The molecule has 11 heteroatoms. The zero-order chi connectivity index (χ0) is 26.6. The highest BCUT2D eigenvalue weighted by molar-refractivity contribution is 5.76. The number of rotatable bonds is 6. The minimum atomic E-state index is -0.875. The van der Waals surface area contributed by atoms with Crippen molar-refractivity contribution in [1.29, 1.82) is 0 Å². The van der Waals surface area contributed by atoms with Crippen molar-refractivity contribution in [2.24, 2.45) is 11.8 Å². The lowest BCUT2D eigenvalue weighted by Crippen LogP contribution is -2.48. The third-order valence-electron chi connectivity index (χ3n) is 8.16. The van der Waals surface area contributed by atoms with E-state index in [0.29, 0.717) is 41.8 Å². The highest BCUT2D eigenvalue weighted by Crippen LogP contribution is 2.48. The Balaban J connectivity index is 1.30. The van der Waals surface area contributed by atoms with Crippen LogP contribution in [-0.4, -0.2) is 60.0 Å². The fourth-order valence-electron chi connectivity index (χ4n) is 6.39. The van der Waals surface area contributed by atoms with Crippen LogP contribution in [0.2, 0.25) is 0 Å². The molecule has 3 aliphatic rings. The zero-order valence-corrected chi connectivity index (χ0v) is 22.0. The summed E-state index contributed by atoms with van der Waals surface area (Å²) < 4.78 is 34.3. The van der Waals surface area contributed by atoms with Crippen LogP contribution in [0.1, 0.15) is 32.3 Å². The molecule has 2 fully saturated rings. The minimum Gasteiger partial charge on any atom is -0.480 e. The van der Waals surface area contributed by atoms with Crippen LogP contribution in [0, 0.1) is 23.5 Å². The molecule has 1 aliphatic carbocycles. The summed E-state index contributed by atoms with van der Waals surface area (Å²) in [4.78, 5) is 13.9. The summed E-state index contributed by atoms with van der Waals surface area (Å²) in [6.45, 7) is 6.35. The number of ether oxygens (including phenoxy) is 1. The van der Waals surface area contributed by atoms with Gasteiger partial charge >= 0.3 is 0 Å². The fraction of sp³-hybridized carbons (Fsp3) is 0.481. The molecule has 3 aromatic rings. The normalized spacial score (nSPS) is 23.4. The predicted octanol–water partition coefficient (Wildman–Crippen LogP) is 4.35. The van der Waals surface area contributed by atoms with Gasteiger partial charge in [0.2, 0.25) is 11.8 Å². The SMILES string of the molecule is CNc1nc(N[C@H]2[C@@H]3CC[C@H]2CN(c2cnnc(OC)c2)C3)nc2c1C(C)(C)CN2c1cccc(F)c1F. The molecule has 0 amide bonds. The van der Waals surface area contributed by atoms with Gasteiger partial charge in [-0.1, -0.05) is 19.9 Å². The van der Waals surface area contributed by atoms with Crippen molar-refractivity contribution in [1.82, 2.24) is 20.2 Å². The molecular weight excluding hydrogens is 490 g/mol. The molecular formula is C27H32F2N8O. The molecule has 4 heterocycles. The first-order valence-electron chi connectivity index (χ1n) is 13.0. The number of nitrogens with zero attached hydrogens (tertiary/aromatic N) is 6. The van der Waals surface area contributed by atoms with Gasteiger partial charge in [0.05, 0.1) is 24.7 Å². The van der Waals surface area contributed by atoms with E-state index < -0.39 is 11.6 Å². The highest BCUT2D eigenvalue weighted by atomic mass is 19.2. The van der Waals surface area contributed by atoms with Gasteiger partial charge in [-0.25, -0.2) is 8.78 Å². The lowest BCUT2D eigenvalue weighted by molar-refractivity contribution is 0.373. The van der Waals surface area contributed by atoms with Crippen molar-refractivity contribution >= 4 is 29.0 Å². The Kier molecular flexibility index (Phi) is 5.96. The molecule has 2 bridgehead atoms. The Hall–Kier alpha value is -3.76. The van der Waals surface area contributed by atoms with E-state index in [1.807, 2.05) is 13.1 Å². The number of hydrogen-bond donors (Lipinski definition) is 2. The number of benzene rings is 1. The van der Waals surface area contributed by atoms with Gasteiger partial charge in [-0.3, -0.25) is 0 Å². The number of nitrogens with one attached hydrogen (secondary N) is 2. The van der Waals surface area contributed by atoms with Crippen LogP contribution in [0.4, 0.5) is 37.7 Å². The summed E-state index contributed by atoms with van der Waals surface area (Å²) in [5.74, 6) is 1.34. The molecule has 9 nitrogen and oxygen atoms in total. The largest absolute Gasteiger partial charge is 0.480 e. The van der Waals surface area contributed by atoms with Crippen LogP contribution in [0.3, 0.4) is 0 Å². The molecule has 0 radical (unpaired) electrons. The lowest BCUT2D eigenvalue weighted by atomic mass is 9.88. The third kappa shape index (κ3) is 4.04. The molecule has 38 heavy (non-hydrogen) atoms. The number of fused-ring (bicyclic) bond motifs is 3. The Labute approximate surface area is 220 Å². The summed E-state index contributed by atoms with van der Waals surface area (Å²) in [5.41, 5.74) is 1.72. The van der Waals surface area contributed by atoms with Crippen molar-refractivity contribution in [3.05, 3.63) is 47.7 Å². The molecule has 3 atom stereocenters. The van der Waals surface area contributed by atoms with E-state index in [4.69, 9.17) is 14.7 Å². The third-order valence-corrected chi connectivity index (χ3v) is 8.16. The van der Waals surface area contributed by atoms with Gasteiger partial charge in [0.15, 0.2) is 11.6 Å². The number of anilines is 5. The van der Waals surface area contributed by atoms with Crippen LogP contribution in [-0.2, 0) is 5.41 Å². The Morgan fingerprint density at radius 3 is 2.58 bits per heavy atom. The van der Waals surface area contributed by atoms with E-state index in [9.17, 15) is 8.78 Å². The number of hydrogen-bond acceptors (Lipinski definition) is 9. The molecule has 2 aromatic heterocycles. The van der Waals surface area contributed by atoms with Crippen molar-refractivity contribution in [2.75, 3.05) is 54.2 Å². The van der Waals surface area contributed by atoms with Gasteiger partial charge in [0.25, 0.3) is 0 Å². The Morgan fingerprint density at radius 1 is 1.11 bits per heavy atom. The van der Waals surface area contributed by atoms with E-state index in [0.717, 1.165) is 43.2 Å². The standard InChI is InChI=1S/C27H32F2N8O/c1-27(2)14-37(19-7-5-6-18(28)22(19)29)25-21(27)24(30-3)33-26(34-25)32-23-15-8-9-16(23)13-36(12-15)17-10-20(38-4)35-31-11-17/h5-7,10-11,15-16,23H,8-9,12-14H2,1-4H3,(H2,30,32,33,34)/t15-,16+,23+. The van der Waals surface area contributed by atoms with E-state index in [1.54, 1.807) is 24.3 Å². The van der Waals surface area contributed by atoms with Gasteiger partial charge in [-0.05, 0) is 36.8 Å². The average molecular weight is 523 g/mol. The summed E-state index contributed by atoms with van der Waals surface area (Å²) in [7, 11) is 3.42. The fourth-order valence-corrected chi connectivity index (χ4v) is 6.39. The van der Waals surface area contributed by atoms with Crippen LogP contribution in [0.15, 0.2) is 30.5 Å². The second-order valence-electron chi connectivity index (χ2n) is 11.0. The summed E-state index contributed by atoms with van der Waals surface area (Å²) in [6, 6.07) is 6.38. The monoisotopic (exact) mass is 522 g/mol. The van der Waals surface area contributed by atoms with Gasteiger partial charge in [-0.15, -0.1) is 5.10 Å². The van der Waals surface area contributed by atoms with Gasteiger partial charge < -0.3 is 25.2 Å². The molecule has 6 rings (SSSR count). The summed E-state index contributed by atoms with van der Waals surface area (Å²) >= 11 is 0. The molecule has 1 aromatic carbocycles. The average Bonchev–Trinajstić information content (AvgIpc) is 3.30. The summed E-state index contributed by atoms with van der Waals surface area (Å²) in [5, 5.41) is 14.9. The van der Waals surface area contributed by atoms with Crippen LogP contribution >= 0.6 is 0 Å². The van der Waals surface area contributed by atoms with Crippen molar-refractivity contribution in [2.45, 2.75) is 38.1 Å². The number of piperidine rings is 1. The van der Waals surface area contributed by atoms with Crippen LogP contribution < -0.4 is 25.2 Å². The first kappa shape index (κ1) is 24.6. The predicted molar refractivity (Wildman–Crippen MR) is 142 cm³/mol. The van der Waals surface area contributed by atoms with E-state index in [-0.39, 0.29) is 17.1 Å². The Morgan fingerprint density at radius 2 is 1.87 bits per heavy atom. The van der Waals surface area contributed by atoms with Crippen LogP contribution in [0.25, 0.3) is 0 Å². The molecule has 2 aliphatic heterocycles. The second kappa shape index (κ2) is 9.21. The van der Waals surface area contributed by atoms with Crippen molar-refractivity contribution < 1.29 is 13.5 Å². The van der Waals surface area contributed by atoms with Crippen LogP contribution in [0.5, 0.6) is 5.88 Å². The van der Waals surface area contributed by atoms with Gasteiger partial charge in [-0.2, -0.15) is 15.1 Å². The minimum absolute atomic E-state index is 0.179. The van der Waals surface area contributed by atoms with E-state index in [2.05, 4.69) is 39.6 Å². The summed E-state index contributed by atoms with van der Waals surface area (Å²) in [6.07, 6.45) is 3.98. The molecule has 2 N–H and O–H groups in total. The van der Waals surface area contributed by atoms with Crippen molar-refractivity contribution in [3.63, 3.8) is 0 Å². The first-order chi connectivity index (χ1) is 18.3. The molecule has 0 unspecified atom stereocenters. The van der Waals surface area contributed by atoms with E-state index >= 15 is 0 Å². The van der Waals surface area contributed by atoms with Gasteiger partial charge in [0.1, 0.15) is 11.6 Å². The highest BCUT2D eigenvalue weighted by Gasteiger charge is 2.44. The molecule has 1 saturated heterocycles. The molecule has 200 valence electrons. The number of methoxy groups -OCH3 is 1. The maximum Gasteiger partial charge on any atom is 0.235 e. The number of halogens is 2. The topological polar surface area (TPSA) is 91.3 Å². The smallest absolute Gasteiger partial charge is 0.235 e. The number of aromatic nitrogens is 4.